The Balaban J connectivity index is 2.34. The Morgan fingerprint density at radius 1 is 1.17 bits per heavy atom. The van der Waals surface area contributed by atoms with Crippen LogP contribution in [0.4, 0.5) is 13.2 Å². The van der Waals surface area contributed by atoms with Gasteiger partial charge in [0.15, 0.2) is 11.6 Å². The molecule has 2 unspecified atom stereocenters. The maximum absolute atomic E-state index is 13.6. The summed E-state index contributed by atoms with van der Waals surface area (Å²) in [5.41, 5.74) is -0.259. The first-order valence-electron chi connectivity index (χ1n) is 6.15. The minimum atomic E-state index is -1.23. The predicted octanol–water partition coefficient (Wildman–Crippen LogP) is 3.96. The van der Waals surface area contributed by atoms with Gasteiger partial charge < -0.3 is 5.11 Å². The summed E-state index contributed by atoms with van der Waals surface area (Å²) < 4.78 is 39.6. The van der Waals surface area contributed by atoms with E-state index in [0.717, 1.165) is 25.3 Å². The van der Waals surface area contributed by atoms with Crippen LogP contribution in [0.1, 0.15) is 44.8 Å². The van der Waals surface area contributed by atoms with Gasteiger partial charge in [0.2, 0.25) is 0 Å². The molecule has 0 spiro atoms. The number of aliphatic hydroxyl groups is 1. The second-order valence-electron chi connectivity index (χ2n) is 5.72. The van der Waals surface area contributed by atoms with Crippen molar-refractivity contribution in [3.63, 3.8) is 0 Å². The van der Waals surface area contributed by atoms with Crippen molar-refractivity contribution < 1.29 is 18.3 Å². The highest BCUT2D eigenvalue weighted by molar-refractivity contribution is 5.23. The molecule has 0 bridgehead atoms. The summed E-state index contributed by atoms with van der Waals surface area (Å²) in [6.07, 6.45) is 1.59. The number of benzene rings is 1. The van der Waals surface area contributed by atoms with E-state index in [1.54, 1.807) is 0 Å². The van der Waals surface area contributed by atoms with Gasteiger partial charge in [-0.15, -0.1) is 0 Å². The van der Waals surface area contributed by atoms with E-state index in [1.807, 2.05) is 13.8 Å². The van der Waals surface area contributed by atoms with Gasteiger partial charge >= 0.3 is 0 Å². The van der Waals surface area contributed by atoms with Crippen LogP contribution in [0.5, 0.6) is 0 Å². The minimum Gasteiger partial charge on any atom is -0.388 e. The lowest BCUT2D eigenvalue weighted by atomic mass is 9.76. The van der Waals surface area contributed by atoms with Crippen molar-refractivity contribution in [2.75, 3.05) is 0 Å². The van der Waals surface area contributed by atoms with Crippen LogP contribution in [-0.4, -0.2) is 5.11 Å². The number of hydrogen-bond acceptors (Lipinski definition) is 1. The van der Waals surface area contributed by atoms with Crippen molar-refractivity contribution in [3.05, 3.63) is 35.1 Å². The highest BCUT2D eigenvalue weighted by Crippen LogP contribution is 2.49. The summed E-state index contributed by atoms with van der Waals surface area (Å²) in [5, 5.41) is 10.2. The van der Waals surface area contributed by atoms with Crippen LogP contribution in [0.3, 0.4) is 0 Å². The maximum Gasteiger partial charge on any atom is 0.161 e. The highest BCUT2D eigenvalue weighted by atomic mass is 19.2. The number of rotatable bonds is 2. The second kappa shape index (κ2) is 4.57. The molecule has 1 aliphatic carbocycles. The Hall–Kier alpha value is -1.03. The third kappa shape index (κ3) is 2.26. The summed E-state index contributed by atoms with van der Waals surface area (Å²) in [6.45, 7) is 4.01. The van der Waals surface area contributed by atoms with Gasteiger partial charge in [-0.05, 0) is 30.2 Å². The van der Waals surface area contributed by atoms with E-state index in [2.05, 4.69) is 0 Å². The molecule has 2 rings (SSSR count). The fourth-order valence-corrected chi connectivity index (χ4v) is 2.92. The molecule has 2 atom stereocenters. The molecule has 4 heteroatoms. The predicted molar refractivity (Wildman–Crippen MR) is 62.4 cm³/mol. The van der Waals surface area contributed by atoms with Crippen LogP contribution in [0, 0.1) is 28.8 Å². The van der Waals surface area contributed by atoms with Gasteiger partial charge in [0.1, 0.15) is 5.82 Å². The molecule has 1 aromatic carbocycles. The van der Waals surface area contributed by atoms with Gasteiger partial charge in [0.05, 0.1) is 6.10 Å². The van der Waals surface area contributed by atoms with Crippen LogP contribution in [-0.2, 0) is 0 Å². The third-order valence-electron chi connectivity index (χ3n) is 4.08. The van der Waals surface area contributed by atoms with E-state index in [1.165, 1.54) is 0 Å². The Bertz CT molecular complexity index is 457. The summed E-state index contributed by atoms with van der Waals surface area (Å²) in [4.78, 5) is 0. The van der Waals surface area contributed by atoms with Gasteiger partial charge in [0.25, 0.3) is 0 Å². The van der Waals surface area contributed by atoms with Crippen LogP contribution < -0.4 is 0 Å². The second-order valence-corrected chi connectivity index (χ2v) is 5.72. The third-order valence-corrected chi connectivity index (χ3v) is 4.08. The van der Waals surface area contributed by atoms with Crippen LogP contribution >= 0.6 is 0 Å². The molecule has 100 valence electrons. The average Bonchev–Trinajstić information content (AvgIpc) is 2.62. The highest BCUT2D eigenvalue weighted by Gasteiger charge is 2.40. The fraction of sp³-hybridized carbons (Fsp3) is 0.571. The molecule has 0 heterocycles. The minimum absolute atomic E-state index is 0.114. The van der Waals surface area contributed by atoms with E-state index < -0.39 is 23.6 Å². The van der Waals surface area contributed by atoms with Crippen LogP contribution in [0.15, 0.2) is 12.1 Å². The fourth-order valence-electron chi connectivity index (χ4n) is 2.92. The lowest BCUT2D eigenvalue weighted by Gasteiger charge is -2.31. The summed E-state index contributed by atoms with van der Waals surface area (Å²) >= 11 is 0. The smallest absolute Gasteiger partial charge is 0.161 e. The van der Waals surface area contributed by atoms with Gasteiger partial charge in [-0.1, -0.05) is 20.3 Å². The summed E-state index contributed by atoms with van der Waals surface area (Å²) in [7, 11) is 0. The Morgan fingerprint density at radius 3 is 2.33 bits per heavy atom. The average molecular weight is 258 g/mol. The lowest BCUT2D eigenvalue weighted by molar-refractivity contribution is 0.0501. The standard InChI is InChI=1S/C14H17F3O/c1-14(2)5-3-4-9(14)13(18)8-6-11(16)12(17)7-10(8)15/h6-7,9,13,18H,3-5H2,1-2H3. The maximum atomic E-state index is 13.6. The number of hydrogen-bond donors (Lipinski definition) is 1. The molecule has 0 aromatic heterocycles. The largest absolute Gasteiger partial charge is 0.388 e. The Kier molecular flexibility index (Phi) is 3.41. The van der Waals surface area contributed by atoms with Crippen molar-refractivity contribution >= 4 is 0 Å². The molecule has 0 saturated heterocycles. The number of aliphatic hydroxyl groups excluding tert-OH is 1. The first kappa shape index (κ1) is 13.4. The van der Waals surface area contributed by atoms with E-state index in [0.29, 0.717) is 6.07 Å². The van der Waals surface area contributed by atoms with E-state index in [4.69, 9.17) is 0 Å². The molecule has 0 aliphatic heterocycles. The first-order valence-corrected chi connectivity index (χ1v) is 6.15. The Labute approximate surface area is 105 Å². The van der Waals surface area contributed by atoms with Crippen LogP contribution in [0.25, 0.3) is 0 Å². The topological polar surface area (TPSA) is 20.2 Å². The monoisotopic (exact) mass is 258 g/mol. The quantitative estimate of drug-likeness (QED) is 0.796. The molecule has 1 aliphatic rings. The summed E-state index contributed by atoms with van der Waals surface area (Å²) in [6, 6.07) is 1.26. The lowest BCUT2D eigenvalue weighted by Crippen LogP contribution is -2.25. The van der Waals surface area contributed by atoms with E-state index in [-0.39, 0.29) is 16.9 Å². The zero-order valence-electron chi connectivity index (χ0n) is 10.5. The molecule has 1 fully saturated rings. The van der Waals surface area contributed by atoms with Gasteiger partial charge in [-0.25, -0.2) is 13.2 Å². The van der Waals surface area contributed by atoms with Gasteiger partial charge in [-0.3, -0.25) is 0 Å². The van der Waals surface area contributed by atoms with E-state index >= 15 is 0 Å². The van der Waals surface area contributed by atoms with Crippen molar-refractivity contribution in [2.45, 2.75) is 39.2 Å². The normalized spacial score (nSPS) is 24.2. The number of halogens is 3. The molecular weight excluding hydrogens is 241 g/mol. The van der Waals surface area contributed by atoms with Gasteiger partial charge in [0, 0.05) is 11.6 Å². The molecule has 1 aromatic rings. The van der Waals surface area contributed by atoms with Crippen molar-refractivity contribution in [2.24, 2.45) is 11.3 Å². The molecule has 0 amide bonds. The van der Waals surface area contributed by atoms with Crippen molar-refractivity contribution in [1.29, 1.82) is 0 Å². The molecule has 1 saturated carbocycles. The molecule has 18 heavy (non-hydrogen) atoms. The van der Waals surface area contributed by atoms with Gasteiger partial charge in [-0.2, -0.15) is 0 Å². The SMILES string of the molecule is CC1(C)CCCC1C(O)c1cc(F)c(F)cc1F. The van der Waals surface area contributed by atoms with Crippen molar-refractivity contribution in [3.8, 4) is 0 Å². The Morgan fingerprint density at radius 2 is 1.78 bits per heavy atom. The molecule has 1 N–H and O–H groups in total. The van der Waals surface area contributed by atoms with Crippen LogP contribution in [0.2, 0.25) is 0 Å². The molecular formula is C14H17F3O. The first-order chi connectivity index (χ1) is 8.33. The zero-order valence-corrected chi connectivity index (χ0v) is 10.5. The van der Waals surface area contributed by atoms with E-state index in [9.17, 15) is 18.3 Å². The summed E-state index contributed by atoms with van der Waals surface area (Å²) in [5.74, 6) is -3.36. The van der Waals surface area contributed by atoms with Crippen molar-refractivity contribution in [1.82, 2.24) is 0 Å². The molecule has 0 radical (unpaired) electrons. The molecule has 1 nitrogen and oxygen atoms in total. The zero-order chi connectivity index (χ0) is 13.5.